The van der Waals surface area contributed by atoms with E-state index >= 15 is 0 Å². The standard InChI is InChI=1S/C52H38N2/c1-5-21-45-39(13-1)17-9-25-49(45)53(50-26-10-18-40-14-2-6-22-46(40)50)43-33-29-37(30-34-43)38-31-35-44(36-32-38)54(51-27-11-19-41-15-3-7-23-47(41)51)52-28-12-20-42-16-4-8-24-48(42)52/h1-31,33-35H,32,36H2. The van der Waals surface area contributed by atoms with Gasteiger partial charge in [0.2, 0.25) is 0 Å². The zero-order chi connectivity index (χ0) is 35.8. The van der Waals surface area contributed by atoms with Gasteiger partial charge in [0.15, 0.2) is 0 Å². The van der Waals surface area contributed by atoms with Crippen LogP contribution in [-0.2, 0) is 0 Å². The fourth-order valence-corrected chi connectivity index (χ4v) is 8.34. The van der Waals surface area contributed by atoms with Gasteiger partial charge in [0, 0.05) is 32.9 Å². The fraction of sp³-hybridized carbons (Fsp3) is 0.0385. The number of benzene rings is 9. The van der Waals surface area contributed by atoms with Crippen LogP contribution in [0.15, 0.2) is 212 Å². The van der Waals surface area contributed by atoms with Crippen molar-refractivity contribution in [2.24, 2.45) is 0 Å². The number of allylic oxidation sites excluding steroid dienone is 4. The lowest BCUT2D eigenvalue weighted by atomic mass is 9.94. The van der Waals surface area contributed by atoms with Gasteiger partial charge in [0.25, 0.3) is 0 Å². The third kappa shape index (κ3) is 5.60. The molecular weight excluding hydrogens is 653 g/mol. The zero-order valence-corrected chi connectivity index (χ0v) is 29.9. The molecular formula is C52H38N2. The lowest BCUT2D eigenvalue weighted by molar-refractivity contribution is 0.933. The lowest BCUT2D eigenvalue weighted by Gasteiger charge is -2.32. The molecule has 10 rings (SSSR count). The highest BCUT2D eigenvalue weighted by atomic mass is 15.2. The Kier molecular flexibility index (Phi) is 8.00. The van der Waals surface area contributed by atoms with E-state index < -0.39 is 0 Å². The van der Waals surface area contributed by atoms with Gasteiger partial charge in [0.1, 0.15) is 0 Å². The van der Waals surface area contributed by atoms with Crippen molar-refractivity contribution in [2.75, 3.05) is 9.80 Å². The number of hydrogen-bond donors (Lipinski definition) is 0. The molecule has 0 saturated heterocycles. The molecule has 0 fully saturated rings. The first-order valence-electron chi connectivity index (χ1n) is 18.8. The topological polar surface area (TPSA) is 6.48 Å². The van der Waals surface area contributed by atoms with E-state index in [9.17, 15) is 0 Å². The molecule has 0 bridgehead atoms. The molecule has 0 unspecified atom stereocenters. The smallest absolute Gasteiger partial charge is 0.0540 e. The first kappa shape index (κ1) is 31.8. The Morgan fingerprint density at radius 1 is 0.296 bits per heavy atom. The van der Waals surface area contributed by atoms with Gasteiger partial charge in [-0.3, -0.25) is 0 Å². The van der Waals surface area contributed by atoms with E-state index in [2.05, 4.69) is 216 Å². The minimum atomic E-state index is 0.929. The molecule has 9 aromatic rings. The normalized spacial score (nSPS) is 12.9. The van der Waals surface area contributed by atoms with Crippen LogP contribution < -0.4 is 9.80 Å². The Bertz CT molecular complexity index is 2720. The SMILES string of the molecule is C1=C(c2ccc(N(c3cccc4ccccc34)c3cccc4ccccc34)cc2)CCC(N(c2cccc3ccccc23)c2cccc3ccccc23)=C1. The first-order valence-corrected chi connectivity index (χ1v) is 18.8. The van der Waals surface area contributed by atoms with E-state index in [0.717, 1.165) is 18.5 Å². The summed E-state index contributed by atoms with van der Waals surface area (Å²) >= 11 is 0. The minimum absolute atomic E-state index is 0.929. The van der Waals surface area contributed by atoms with Crippen molar-refractivity contribution < 1.29 is 0 Å². The molecule has 1 aliphatic carbocycles. The summed E-state index contributed by atoms with van der Waals surface area (Å²) in [5.74, 6) is 0. The highest BCUT2D eigenvalue weighted by molar-refractivity contribution is 6.05. The van der Waals surface area contributed by atoms with Gasteiger partial charge in [-0.1, -0.05) is 164 Å². The van der Waals surface area contributed by atoms with Crippen molar-refractivity contribution in [2.45, 2.75) is 12.8 Å². The highest BCUT2D eigenvalue weighted by Gasteiger charge is 2.22. The van der Waals surface area contributed by atoms with Crippen LogP contribution in [0.3, 0.4) is 0 Å². The number of hydrogen-bond acceptors (Lipinski definition) is 2. The summed E-state index contributed by atoms with van der Waals surface area (Å²) in [5.41, 5.74) is 9.79. The molecule has 1 aliphatic rings. The molecule has 9 aromatic carbocycles. The lowest BCUT2D eigenvalue weighted by Crippen LogP contribution is -2.18. The Labute approximate surface area is 316 Å². The molecule has 2 heteroatoms. The number of anilines is 5. The van der Waals surface area contributed by atoms with Crippen LogP contribution in [-0.4, -0.2) is 0 Å². The van der Waals surface area contributed by atoms with Crippen LogP contribution in [0, 0.1) is 0 Å². The molecule has 2 nitrogen and oxygen atoms in total. The minimum Gasteiger partial charge on any atom is -0.313 e. The van der Waals surface area contributed by atoms with E-state index in [4.69, 9.17) is 0 Å². The van der Waals surface area contributed by atoms with E-state index in [0.29, 0.717) is 0 Å². The third-order valence-corrected chi connectivity index (χ3v) is 10.9. The van der Waals surface area contributed by atoms with Crippen LogP contribution in [0.1, 0.15) is 18.4 Å². The summed E-state index contributed by atoms with van der Waals surface area (Å²) in [6.07, 6.45) is 6.56. The van der Waals surface area contributed by atoms with Crippen molar-refractivity contribution in [3.8, 4) is 0 Å². The van der Waals surface area contributed by atoms with Gasteiger partial charge in [-0.25, -0.2) is 0 Å². The number of nitrogens with zero attached hydrogens (tertiary/aromatic N) is 2. The van der Waals surface area contributed by atoms with E-state index in [-0.39, 0.29) is 0 Å². The Balaban J connectivity index is 1.06. The Hall–Kier alpha value is -6.90. The van der Waals surface area contributed by atoms with Crippen LogP contribution in [0.4, 0.5) is 28.4 Å². The number of fused-ring (bicyclic) bond motifs is 4. The summed E-state index contributed by atoms with van der Waals surface area (Å²) in [6.45, 7) is 0. The van der Waals surface area contributed by atoms with Crippen molar-refractivity contribution in [1.29, 1.82) is 0 Å². The summed E-state index contributed by atoms with van der Waals surface area (Å²) in [7, 11) is 0. The van der Waals surface area contributed by atoms with Crippen molar-refractivity contribution in [1.82, 2.24) is 0 Å². The molecule has 0 radical (unpaired) electrons. The maximum Gasteiger partial charge on any atom is 0.0540 e. The van der Waals surface area contributed by atoms with E-state index in [1.165, 1.54) is 82.7 Å². The molecule has 0 saturated carbocycles. The quantitative estimate of drug-likeness (QED) is 0.164. The zero-order valence-electron chi connectivity index (χ0n) is 29.9. The van der Waals surface area contributed by atoms with Gasteiger partial charge >= 0.3 is 0 Å². The predicted octanol–water partition coefficient (Wildman–Crippen LogP) is 14.7. The Morgan fingerprint density at radius 2 is 0.667 bits per heavy atom. The van der Waals surface area contributed by atoms with Crippen LogP contribution >= 0.6 is 0 Å². The van der Waals surface area contributed by atoms with Gasteiger partial charge in [0.05, 0.1) is 22.7 Å². The van der Waals surface area contributed by atoms with E-state index in [1.54, 1.807) is 0 Å². The maximum atomic E-state index is 2.49. The molecule has 0 heterocycles. The summed E-state index contributed by atoms with van der Waals surface area (Å²) in [4.78, 5) is 4.92. The largest absolute Gasteiger partial charge is 0.313 e. The third-order valence-electron chi connectivity index (χ3n) is 10.9. The summed E-state index contributed by atoms with van der Waals surface area (Å²) < 4.78 is 0. The monoisotopic (exact) mass is 690 g/mol. The van der Waals surface area contributed by atoms with Gasteiger partial charge < -0.3 is 9.80 Å². The Morgan fingerprint density at radius 3 is 1.06 bits per heavy atom. The molecule has 0 N–H and O–H groups in total. The highest BCUT2D eigenvalue weighted by Crippen LogP contribution is 2.44. The van der Waals surface area contributed by atoms with Gasteiger partial charge in [-0.2, -0.15) is 0 Å². The average Bonchev–Trinajstić information content (AvgIpc) is 3.25. The fourth-order valence-electron chi connectivity index (χ4n) is 8.34. The van der Waals surface area contributed by atoms with Crippen molar-refractivity contribution in [3.05, 3.63) is 218 Å². The molecule has 0 aliphatic heterocycles. The first-order chi connectivity index (χ1) is 26.8. The van der Waals surface area contributed by atoms with Crippen LogP contribution in [0.2, 0.25) is 0 Å². The summed E-state index contributed by atoms with van der Waals surface area (Å²) in [5, 5.41) is 9.91. The molecule has 256 valence electrons. The van der Waals surface area contributed by atoms with Gasteiger partial charge in [-0.15, -0.1) is 0 Å². The maximum absolute atomic E-state index is 2.49. The molecule has 54 heavy (non-hydrogen) atoms. The second kappa shape index (κ2) is 13.6. The predicted molar refractivity (Wildman–Crippen MR) is 231 cm³/mol. The second-order valence-electron chi connectivity index (χ2n) is 14.1. The molecule has 0 aromatic heterocycles. The second-order valence-corrected chi connectivity index (χ2v) is 14.1. The van der Waals surface area contributed by atoms with Crippen molar-refractivity contribution >= 4 is 77.1 Å². The van der Waals surface area contributed by atoms with Crippen LogP contribution in [0.25, 0.3) is 48.7 Å². The number of rotatable bonds is 7. The molecule has 0 atom stereocenters. The molecule has 0 amide bonds. The van der Waals surface area contributed by atoms with Crippen LogP contribution in [0.5, 0.6) is 0 Å². The van der Waals surface area contributed by atoms with Gasteiger partial charge in [-0.05, 0) is 88.0 Å². The van der Waals surface area contributed by atoms with E-state index in [1.807, 2.05) is 0 Å². The van der Waals surface area contributed by atoms with Crippen molar-refractivity contribution in [3.63, 3.8) is 0 Å². The molecule has 0 spiro atoms. The summed E-state index contributed by atoms with van der Waals surface area (Å²) in [6, 6.07) is 70.5. The average molecular weight is 691 g/mol.